The molecule has 0 N–H and O–H groups in total. The van der Waals surface area contributed by atoms with E-state index in [1.807, 2.05) is 53.7 Å². The summed E-state index contributed by atoms with van der Waals surface area (Å²) in [6.45, 7) is 17.5. The number of halogens is 1. The number of rotatable bonds is 11. The maximum Gasteiger partial charge on any atom is 0.309 e. The quantitative estimate of drug-likeness (QED) is 0.199. The third-order valence-electron chi connectivity index (χ3n) is 7.67. The molecular formula is C34H45ClN4O4S. The van der Waals surface area contributed by atoms with Crippen LogP contribution in [0.4, 0.5) is 5.13 Å². The van der Waals surface area contributed by atoms with E-state index in [1.165, 1.54) is 11.3 Å². The van der Waals surface area contributed by atoms with E-state index in [2.05, 4.69) is 34.2 Å². The standard InChI is InChI=1S/C34H45ClN4O4S/c1-8-9-14-39(31(40)27-19-22(2)10-11-28(27)35)33-37-36-30(44-33)26-20-23(3)29(24(4)21-26)42-18-17-38-15-12-25(13-16-38)32(41)43-34(5,6)7/h10-11,19-21,25H,8-9,12-18H2,1-7H3. The monoisotopic (exact) mass is 640 g/mol. The van der Waals surface area contributed by atoms with Crippen molar-refractivity contribution in [2.45, 2.75) is 79.8 Å². The molecule has 0 atom stereocenters. The highest BCUT2D eigenvalue weighted by atomic mass is 35.5. The van der Waals surface area contributed by atoms with Crippen LogP contribution in [0.15, 0.2) is 30.3 Å². The third-order valence-corrected chi connectivity index (χ3v) is 8.99. The Morgan fingerprint density at radius 3 is 2.39 bits per heavy atom. The van der Waals surface area contributed by atoms with Gasteiger partial charge in [0.05, 0.1) is 16.5 Å². The first-order chi connectivity index (χ1) is 20.9. The number of carbonyl (C=O) groups excluding carboxylic acids is 2. The highest BCUT2D eigenvalue weighted by Crippen LogP contribution is 2.35. The van der Waals surface area contributed by atoms with Crippen LogP contribution in [0.1, 0.15) is 80.4 Å². The second-order valence-electron chi connectivity index (χ2n) is 12.6. The van der Waals surface area contributed by atoms with Gasteiger partial charge in [-0.1, -0.05) is 47.9 Å². The van der Waals surface area contributed by atoms with E-state index in [9.17, 15) is 9.59 Å². The van der Waals surface area contributed by atoms with Crippen LogP contribution < -0.4 is 9.64 Å². The lowest BCUT2D eigenvalue weighted by molar-refractivity contribution is -0.161. The van der Waals surface area contributed by atoms with E-state index in [-0.39, 0.29) is 17.8 Å². The van der Waals surface area contributed by atoms with Gasteiger partial charge in [-0.15, -0.1) is 10.2 Å². The highest BCUT2D eigenvalue weighted by Gasteiger charge is 2.29. The first-order valence-corrected chi connectivity index (χ1v) is 16.7. The molecule has 0 spiro atoms. The lowest BCUT2D eigenvalue weighted by atomic mass is 9.96. The smallest absolute Gasteiger partial charge is 0.309 e. The van der Waals surface area contributed by atoms with Gasteiger partial charge < -0.3 is 9.47 Å². The summed E-state index contributed by atoms with van der Waals surface area (Å²) in [5.41, 5.74) is 3.98. The number of benzene rings is 2. The average molecular weight is 641 g/mol. The van der Waals surface area contributed by atoms with Crippen molar-refractivity contribution in [3.05, 3.63) is 57.6 Å². The molecule has 4 rings (SSSR count). The molecule has 8 nitrogen and oxygen atoms in total. The molecule has 0 aliphatic carbocycles. The van der Waals surface area contributed by atoms with Crippen LogP contribution in [0, 0.1) is 26.7 Å². The number of ether oxygens (including phenoxy) is 2. The van der Waals surface area contributed by atoms with Gasteiger partial charge in [0.1, 0.15) is 23.0 Å². The number of unbranched alkanes of at least 4 members (excludes halogenated alkanes) is 1. The van der Waals surface area contributed by atoms with Crippen LogP contribution in [0.3, 0.4) is 0 Å². The largest absolute Gasteiger partial charge is 0.492 e. The number of hydrogen-bond donors (Lipinski definition) is 0. The van der Waals surface area contributed by atoms with E-state index in [0.717, 1.165) is 78.3 Å². The minimum absolute atomic E-state index is 0.0264. The van der Waals surface area contributed by atoms with E-state index in [4.69, 9.17) is 21.1 Å². The average Bonchev–Trinajstić information content (AvgIpc) is 3.45. The molecule has 44 heavy (non-hydrogen) atoms. The molecule has 0 bridgehead atoms. The SMILES string of the molecule is CCCCN(C(=O)c1cc(C)ccc1Cl)c1nnc(-c2cc(C)c(OCCN3CCC(C(=O)OC(C)(C)C)CC3)c(C)c2)s1. The maximum absolute atomic E-state index is 13.6. The van der Waals surface area contributed by atoms with Crippen LogP contribution >= 0.6 is 22.9 Å². The Bertz CT molecular complexity index is 1440. The van der Waals surface area contributed by atoms with Crippen LogP contribution in [0.5, 0.6) is 5.75 Å². The van der Waals surface area contributed by atoms with Gasteiger partial charge >= 0.3 is 5.97 Å². The minimum Gasteiger partial charge on any atom is -0.492 e. The number of piperidine rings is 1. The summed E-state index contributed by atoms with van der Waals surface area (Å²) in [5.74, 6) is 0.593. The number of aryl methyl sites for hydroxylation is 3. The number of anilines is 1. The zero-order valence-electron chi connectivity index (χ0n) is 27.0. The third kappa shape index (κ3) is 8.79. The molecule has 1 amide bonds. The molecule has 0 radical (unpaired) electrons. The predicted octanol–water partition coefficient (Wildman–Crippen LogP) is 7.66. The maximum atomic E-state index is 13.6. The van der Waals surface area contributed by atoms with Gasteiger partial charge in [0, 0.05) is 18.7 Å². The van der Waals surface area contributed by atoms with Crippen LogP contribution in [0.25, 0.3) is 10.6 Å². The van der Waals surface area contributed by atoms with Gasteiger partial charge in [-0.2, -0.15) is 0 Å². The summed E-state index contributed by atoms with van der Waals surface area (Å²) in [6.07, 6.45) is 3.41. The highest BCUT2D eigenvalue weighted by molar-refractivity contribution is 7.18. The Kier molecular flexibility index (Phi) is 11.4. The molecule has 1 saturated heterocycles. The number of likely N-dealkylation sites (tertiary alicyclic amines) is 1. The van der Waals surface area contributed by atoms with E-state index < -0.39 is 5.60 Å². The summed E-state index contributed by atoms with van der Waals surface area (Å²) < 4.78 is 11.8. The Hall–Kier alpha value is -3.01. The predicted molar refractivity (Wildman–Crippen MR) is 178 cm³/mol. The van der Waals surface area contributed by atoms with Crippen molar-refractivity contribution in [3.63, 3.8) is 0 Å². The van der Waals surface area contributed by atoms with Gasteiger partial charge in [0.15, 0.2) is 0 Å². The number of esters is 1. The molecule has 238 valence electrons. The molecule has 1 aliphatic heterocycles. The summed E-state index contributed by atoms with van der Waals surface area (Å²) in [4.78, 5) is 30.0. The molecule has 1 aromatic heterocycles. The van der Waals surface area contributed by atoms with Gasteiger partial charge in [0.2, 0.25) is 5.13 Å². The Morgan fingerprint density at radius 2 is 1.75 bits per heavy atom. The van der Waals surface area contributed by atoms with E-state index in [1.54, 1.807) is 11.0 Å². The minimum atomic E-state index is -0.448. The van der Waals surface area contributed by atoms with Gasteiger partial charge in [-0.05, 0) is 109 Å². The summed E-state index contributed by atoms with van der Waals surface area (Å²) in [6, 6.07) is 9.61. The van der Waals surface area contributed by atoms with Gasteiger partial charge in [-0.25, -0.2) is 0 Å². The van der Waals surface area contributed by atoms with Crippen molar-refractivity contribution < 1.29 is 19.1 Å². The van der Waals surface area contributed by atoms with Gasteiger partial charge in [0.25, 0.3) is 5.91 Å². The molecule has 1 aliphatic rings. The topological polar surface area (TPSA) is 84.9 Å². The zero-order chi connectivity index (χ0) is 32.0. The van der Waals surface area contributed by atoms with Crippen molar-refractivity contribution in [1.29, 1.82) is 0 Å². The van der Waals surface area contributed by atoms with Crippen LogP contribution in [-0.2, 0) is 9.53 Å². The van der Waals surface area contributed by atoms with Crippen molar-refractivity contribution in [1.82, 2.24) is 15.1 Å². The second kappa shape index (κ2) is 14.8. The first-order valence-electron chi connectivity index (χ1n) is 15.5. The van der Waals surface area contributed by atoms with Crippen LogP contribution in [-0.4, -0.2) is 65.4 Å². The van der Waals surface area contributed by atoms with E-state index in [0.29, 0.717) is 28.9 Å². The second-order valence-corrected chi connectivity index (χ2v) is 14.0. The lowest BCUT2D eigenvalue weighted by Gasteiger charge is -2.32. The molecule has 3 aromatic rings. The Morgan fingerprint density at radius 1 is 1.07 bits per heavy atom. The van der Waals surface area contributed by atoms with Crippen molar-refractivity contribution in [3.8, 4) is 16.3 Å². The number of hydrogen-bond acceptors (Lipinski definition) is 8. The summed E-state index contributed by atoms with van der Waals surface area (Å²) >= 11 is 7.81. The van der Waals surface area contributed by atoms with Crippen molar-refractivity contribution in [2.24, 2.45) is 5.92 Å². The summed E-state index contributed by atoms with van der Waals surface area (Å²) in [5, 5.41) is 10.6. The molecule has 0 saturated carbocycles. The van der Waals surface area contributed by atoms with Crippen molar-refractivity contribution >= 4 is 39.9 Å². The number of nitrogens with zero attached hydrogens (tertiary/aromatic N) is 4. The molecule has 10 heteroatoms. The molecule has 1 fully saturated rings. The lowest BCUT2D eigenvalue weighted by Crippen LogP contribution is -2.40. The summed E-state index contributed by atoms with van der Waals surface area (Å²) in [7, 11) is 0. The fourth-order valence-electron chi connectivity index (χ4n) is 5.35. The molecular weight excluding hydrogens is 596 g/mol. The normalized spacial score (nSPS) is 14.5. The Labute approximate surface area is 270 Å². The van der Waals surface area contributed by atoms with Crippen LogP contribution in [0.2, 0.25) is 5.02 Å². The number of amides is 1. The Balaban J connectivity index is 1.39. The first kappa shape index (κ1) is 33.9. The van der Waals surface area contributed by atoms with Crippen molar-refractivity contribution in [2.75, 3.05) is 37.7 Å². The zero-order valence-corrected chi connectivity index (χ0v) is 28.6. The molecule has 2 aromatic carbocycles. The number of aromatic nitrogens is 2. The molecule has 2 heterocycles. The fourth-order valence-corrected chi connectivity index (χ4v) is 6.40. The number of carbonyl (C=O) groups is 2. The fraction of sp³-hybridized carbons (Fsp3) is 0.529. The van der Waals surface area contributed by atoms with Gasteiger partial charge in [-0.3, -0.25) is 19.4 Å². The van der Waals surface area contributed by atoms with E-state index >= 15 is 0 Å². The molecule has 0 unspecified atom stereocenters.